The zero-order valence-electron chi connectivity index (χ0n) is 10.00. The number of carbonyl (C=O) groups is 1. The number of aromatic nitrogens is 1. The van der Waals surface area contributed by atoms with Gasteiger partial charge in [-0.05, 0) is 43.0 Å². The van der Waals surface area contributed by atoms with E-state index < -0.39 is 0 Å². The van der Waals surface area contributed by atoms with Crippen molar-refractivity contribution in [2.24, 2.45) is 0 Å². The van der Waals surface area contributed by atoms with E-state index in [1.807, 2.05) is 25.9 Å². The summed E-state index contributed by atoms with van der Waals surface area (Å²) in [6.45, 7) is 2.59. The number of rotatable bonds is 4. The Balaban J connectivity index is 2.67. The normalized spacial score (nSPS) is 12.6. The second-order valence-electron chi connectivity index (χ2n) is 4.01. The van der Waals surface area contributed by atoms with Crippen molar-refractivity contribution in [3.05, 3.63) is 27.5 Å². The van der Waals surface area contributed by atoms with Crippen molar-refractivity contribution >= 4 is 33.4 Å². The fourth-order valence-electron chi connectivity index (χ4n) is 1.10. The molecule has 94 valence electrons. The Morgan fingerprint density at radius 1 is 1.65 bits per heavy atom. The number of nitrogens with one attached hydrogen (secondary N) is 1. The van der Waals surface area contributed by atoms with E-state index in [4.69, 9.17) is 11.6 Å². The Morgan fingerprint density at radius 2 is 2.29 bits per heavy atom. The van der Waals surface area contributed by atoms with Gasteiger partial charge in [-0.2, -0.15) is 0 Å². The van der Waals surface area contributed by atoms with Crippen LogP contribution in [0.2, 0.25) is 5.15 Å². The molecule has 0 aliphatic heterocycles. The van der Waals surface area contributed by atoms with E-state index in [9.17, 15) is 4.79 Å². The number of pyridine rings is 1. The molecule has 1 rings (SSSR count). The largest absolute Gasteiger partial charge is 0.350 e. The SMILES string of the molecule is CC(CNC(=O)c1cc(Br)cnc1Cl)N(C)C. The number of carbonyl (C=O) groups excluding carboxylic acids is 1. The fraction of sp³-hybridized carbons (Fsp3) is 0.455. The molecule has 0 fully saturated rings. The molecule has 1 unspecified atom stereocenters. The number of likely N-dealkylation sites (N-methyl/N-ethyl adjacent to an activating group) is 1. The molecular weight excluding hydrogens is 305 g/mol. The first kappa shape index (κ1) is 14.4. The van der Waals surface area contributed by atoms with Gasteiger partial charge in [0, 0.05) is 23.3 Å². The van der Waals surface area contributed by atoms with Crippen molar-refractivity contribution in [3.63, 3.8) is 0 Å². The highest BCUT2D eigenvalue weighted by atomic mass is 79.9. The van der Waals surface area contributed by atoms with Gasteiger partial charge in [0.1, 0.15) is 5.15 Å². The molecule has 0 bridgehead atoms. The average molecular weight is 321 g/mol. The van der Waals surface area contributed by atoms with Crippen LogP contribution in [0, 0.1) is 0 Å². The lowest BCUT2D eigenvalue weighted by atomic mass is 10.2. The maximum absolute atomic E-state index is 11.9. The third-order valence-electron chi connectivity index (χ3n) is 2.49. The van der Waals surface area contributed by atoms with Gasteiger partial charge in [0.2, 0.25) is 0 Å². The van der Waals surface area contributed by atoms with Crippen molar-refractivity contribution in [2.45, 2.75) is 13.0 Å². The van der Waals surface area contributed by atoms with E-state index in [0.717, 1.165) is 4.47 Å². The maximum atomic E-state index is 11.9. The molecule has 17 heavy (non-hydrogen) atoms. The first-order valence-corrected chi connectivity index (χ1v) is 6.34. The van der Waals surface area contributed by atoms with Crippen molar-refractivity contribution in [1.82, 2.24) is 15.2 Å². The van der Waals surface area contributed by atoms with Gasteiger partial charge in [-0.15, -0.1) is 0 Å². The highest BCUT2D eigenvalue weighted by Gasteiger charge is 2.13. The minimum absolute atomic E-state index is 0.211. The van der Waals surface area contributed by atoms with E-state index in [1.54, 1.807) is 12.3 Å². The van der Waals surface area contributed by atoms with Crippen LogP contribution in [0.4, 0.5) is 0 Å². The molecule has 1 N–H and O–H groups in total. The Hall–Kier alpha value is -0.650. The number of hydrogen-bond donors (Lipinski definition) is 1. The van der Waals surface area contributed by atoms with Gasteiger partial charge >= 0.3 is 0 Å². The average Bonchev–Trinajstić information content (AvgIpc) is 2.28. The molecule has 1 aromatic heterocycles. The number of amides is 1. The highest BCUT2D eigenvalue weighted by Crippen LogP contribution is 2.17. The summed E-state index contributed by atoms with van der Waals surface area (Å²) < 4.78 is 0.729. The standard InChI is InChI=1S/C11H15BrClN3O/c1-7(16(2)3)5-15-11(17)9-4-8(12)6-14-10(9)13/h4,6-7H,5H2,1-3H3,(H,15,17). The van der Waals surface area contributed by atoms with Crippen LogP contribution >= 0.6 is 27.5 Å². The molecule has 0 aliphatic rings. The minimum Gasteiger partial charge on any atom is -0.350 e. The van der Waals surface area contributed by atoms with Gasteiger partial charge in [-0.3, -0.25) is 4.79 Å². The summed E-state index contributed by atoms with van der Waals surface area (Å²) in [7, 11) is 3.93. The Kier molecular flexibility index (Phi) is 5.36. The summed E-state index contributed by atoms with van der Waals surface area (Å²) in [5.41, 5.74) is 0.381. The summed E-state index contributed by atoms with van der Waals surface area (Å²) in [5, 5.41) is 3.03. The number of halogens is 2. The lowest BCUT2D eigenvalue weighted by Gasteiger charge is -2.20. The lowest BCUT2D eigenvalue weighted by Crippen LogP contribution is -2.38. The van der Waals surface area contributed by atoms with E-state index in [1.165, 1.54) is 0 Å². The molecule has 0 radical (unpaired) electrons. The molecule has 0 saturated carbocycles. The van der Waals surface area contributed by atoms with E-state index >= 15 is 0 Å². The molecule has 1 amide bonds. The summed E-state index contributed by atoms with van der Waals surface area (Å²) >= 11 is 9.12. The van der Waals surface area contributed by atoms with Crippen LogP contribution in [0.25, 0.3) is 0 Å². The molecule has 1 atom stereocenters. The third-order valence-corrected chi connectivity index (χ3v) is 3.22. The Morgan fingerprint density at radius 3 is 2.88 bits per heavy atom. The van der Waals surface area contributed by atoms with Gasteiger partial charge in [0.25, 0.3) is 5.91 Å². The Labute approximate surface area is 114 Å². The summed E-state index contributed by atoms with van der Waals surface area (Å²) in [5.74, 6) is -0.211. The predicted octanol–water partition coefficient (Wildman–Crippen LogP) is 2.18. The molecule has 1 aromatic rings. The van der Waals surface area contributed by atoms with Crippen LogP contribution < -0.4 is 5.32 Å². The lowest BCUT2D eigenvalue weighted by molar-refractivity contribution is 0.0943. The van der Waals surface area contributed by atoms with E-state index in [0.29, 0.717) is 12.1 Å². The van der Waals surface area contributed by atoms with Crippen molar-refractivity contribution in [2.75, 3.05) is 20.6 Å². The third kappa shape index (κ3) is 4.26. The van der Waals surface area contributed by atoms with Gasteiger partial charge in [-0.1, -0.05) is 11.6 Å². The van der Waals surface area contributed by atoms with Crippen LogP contribution in [0.1, 0.15) is 17.3 Å². The first-order valence-electron chi connectivity index (χ1n) is 5.17. The molecule has 0 aromatic carbocycles. The van der Waals surface area contributed by atoms with Crippen molar-refractivity contribution < 1.29 is 4.79 Å². The molecule has 0 spiro atoms. The zero-order valence-corrected chi connectivity index (χ0v) is 12.3. The minimum atomic E-state index is -0.211. The van der Waals surface area contributed by atoms with Crippen LogP contribution in [0.3, 0.4) is 0 Å². The van der Waals surface area contributed by atoms with Crippen LogP contribution in [0.5, 0.6) is 0 Å². The number of nitrogens with zero attached hydrogens (tertiary/aromatic N) is 2. The number of hydrogen-bond acceptors (Lipinski definition) is 3. The zero-order chi connectivity index (χ0) is 13.0. The topological polar surface area (TPSA) is 45.2 Å². The van der Waals surface area contributed by atoms with Gasteiger partial charge in [-0.25, -0.2) is 4.98 Å². The van der Waals surface area contributed by atoms with Crippen LogP contribution in [-0.4, -0.2) is 42.5 Å². The van der Waals surface area contributed by atoms with Crippen LogP contribution in [0.15, 0.2) is 16.7 Å². The predicted molar refractivity (Wildman–Crippen MR) is 72.4 cm³/mol. The van der Waals surface area contributed by atoms with Gasteiger partial charge in [0.05, 0.1) is 5.56 Å². The molecule has 0 aliphatic carbocycles. The molecule has 4 nitrogen and oxygen atoms in total. The second-order valence-corrected chi connectivity index (χ2v) is 5.29. The molecule has 6 heteroatoms. The summed E-state index contributed by atoms with van der Waals surface area (Å²) in [6.07, 6.45) is 1.56. The molecule has 1 heterocycles. The fourth-order valence-corrected chi connectivity index (χ4v) is 1.62. The van der Waals surface area contributed by atoms with Gasteiger partial charge < -0.3 is 10.2 Å². The summed E-state index contributed by atoms with van der Waals surface area (Å²) in [6, 6.07) is 1.92. The maximum Gasteiger partial charge on any atom is 0.254 e. The smallest absolute Gasteiger partial charge is 0.254 e. The monoisotopic (exact) mass is 319 g/mol. The molecular formula is C11H15BrClN3O. The first-order chi connectivity index (χ1) is 7.91. The summed E-state index contributed by atoms with van der Waals surface area (Å²) in [4.78, 5) is 17.8. The highest BCUT2D eigenvalue weighted by molar-refractivity contribution is 9.10. The van der Waals surface area contributed by atoms with Crippen molar-refractivity contribution in [3.8, 4) is 0 Å². The van der Waals surface area contributed by atoms with E-state index in [2.05, 4.69) is 26.2 Å². The second kappa shape index (κ2) is 6.33. The van der Waals surface area contributed by atoms with Gasteiger partial charge in [0.15, 0.2) is 0 Å². The van der Waals surface area contributed by atoms with Crippen LogP contribution in [-0.2, 0) is 0 Å². The van der Waals surface area contributed by atoms with E-state index in [-0.39, 0.29) is 17.1 Å². The molecule has 0 saturated heterocycles. The quantitative estimate of drug-likeness (QED) is 0.865. The Bertz CT molecular complexity index is 412. The van der Waals surface area contributed by atoms with Crippen molar-refractivity contribution in [1.29, 1.82) is 0 Å².